The maximum atomic E-state index is 5.56. The third-order valence-electron chi connectivity index (χ3n) is 4.37. The molecule has 4 aromatic rings. The molecule has 2 aromatic carbocycles. The number of H-pyrrole nitrogens is 1. The summed E-state index contributed by atoms with van der Waals surface area (Å²) < 4.78 is 7.45. The second-order valence-corrected chi connectivity index (χ2v) is 7.51. The zero-order chi connectivity index (χ0) is 19.5. The number of para-hydroxylation sites is 2. The molecule has 0 bridgehead atoms. The lowest BCUT2D eigenvalue weighted by Gasteiger charge is -2.08. The molecule has 0 unspecified atom stereocenters. The minimum atomic E-state index is 0.179. The van der Waals surface area contributed by atoms with E-state index in [9.17, 15) is 0 Å². The van der Waals surface area contributed by atoms with Crippen molar-refractivity contribution >= 4 is 28.5 Å². The zero-order valence-electron chi connectivity index (χ0n) is 16.1. The Labute approximate surface area is 167 Å². The third kappa shape index (κ3) is 3.51. The van der Waals surface area contributed by atoms with E-state index >= 15 is 0 Å². The molecule has 0 radical (unpaired) electrons. The molecule has 0 fully saturated rings. The number of rotatable bonds is 5. The fourth-order valence-electron chi connectivity index (χ4n) is 3.08. The van der Waals surface area contributed by atoms with Crippen LogP contribution in [0.3, 0.4) is 0 Å². The number of aromatic amines is 1. The van der Waals surface area contributed by atoms with Gasteiger partial charge in [-0.25, -0.2) is 4.68 Å². The molecule has 0 saturated heterocycles. The van der Waals surface area contributed by atoms with Crippen LogP contribution in [0.5, 0.6) is 5.75 Å². The molecular weight excluding hydrogens is 368 g/mol. The van der Waals surface area contributed by atoms with Gasteiger partial charge in [0.15, 0.2) is 0 Å². The van der Waals surface area contributed by atoms with Crippen LogP contribution in [0.1, 0.15) is 19.4 Å². The van der Waals surface area contributed by atoms with Crippen molar-refractivity contribution in [3.63, 3.8) is 0 Å². The number of nitrogens with one attached hydrogen (secondary N) is 1. The number of thiazole rings is 1. The number of hydrogen-bond donors (Lipinski definition) is 1. The Morgan fingerprint density at radius 2 is 1.89 bits per heavy atom. The highest BCUT2D eigenvalue weighted by atomic mass is 32.1. The van der Waals surface area contributed by atoms with Crippen LogP contribution in [0.2, 0.25) is 0 Å². The molecule has 0 amide bonds. The molecule has 0 saturated carbocycles. The largest absolute Gasteiger partial charge is 0.496 e. The van der Waals surface area contributed by atoms with Crippen LogP contribution in [0, 0.1) is 0 Å². The van der Waals surface area contributed by atoms with Crippen molar-refractivity contribution in [3.05, 3.63) is 70.5 Å². The molecule has 0 spiro atoms. The molecule has 142 valence electrons. The molecule has 5 nitrogen and oxygen atoms in total. The summed E-state index contributed by atoms with van der Waals surface area (Å²) in [7, 11) is 1.68. The maximum Gasteiger partial charge on any atom is 0.206 e. The van der Waals surface area contributed by atoms with Crippen LogP contribution in [0.15, 0.2) is 70.2 Å². The molecule has 4 rings (SSSR count). The Bertz CT molecular complexity index is 1200. The molecule has 0 aliphatic heterocycles. The van der Waals surface area contributed by atoms with Gasteiger partial charge in [0.25, 0.3) is 0 Å². The van der Waals surface area contributed by atoms with Crippen molar-refractivity contribution in [2.75, 3.05) is 7.11 Å². The predicted octanol–water partition coefficient (Wildman–Crippen LogP) is 4.90. The molecule has 0 aliphatic carbocycles. The summed E-state index contributed by atoms with van der Waals surface area (Å²) in [5, 5.41) is 8.01. The van der Waals surface area contributed by atoms with Crippen LogP contribution in [0.25, 0.3) is 22.2 Å². The molecule has 28 heavy (non-hydrogen) atoms. The van der Waals surface area contributed by atoms with E-state index in [1.165, 1.54) is 0 Å². The zero-order valence-corrected chi connectivity index (χ0v) is 16.9. The van der Waals surface area contributed by atoms with E-state index in [-0.39, 0.29) is 6.04 Å². The van der Waals surface area contributed by atoms with Crippen molar-refractivity contribution in [2.24, 2.45) is 10.1 Å². The maximum absolute atomic E-state index is 5.56. The summed E-state index contributed by atoms with van der Waals surface area (Å²) in [6.07, 6.45) is 3.85. The Hall–Kier alpha value is -3.12. The lowest BCUT2D eigenvalue weighted by molar-refractivity contribution is 0.416. The first-order valence-corrected chi connectivity index (χ1v) is 10.0. The number of methoxy groups -OCH3 is 1. The lowest BCUT2D eigenvalue weighted by Crippen LogP contribution is -2.14. The first-order chi connectivity index (χ1) is 13.7. The fraction of sp³-hybridized carbons (Fsp3) is 0.182. The summed E-state index contributed by atoms with van der Waals surface area (Å²) >= 11 is 1.58. The van der Waals surface area contributed by atoms with E-state index in [0.29, 0.717) is 0 Å². The van der Waals surface area contributed by atoms with Gasteiger partial charge < -0.3 is 9.72 Å². The summed E-state index contributed by atoms with van der Waals surface area (Å²) in [4.78, 5) is 8.88. The van der Waals surface area contributed by atoms with Gasteiger partial charge in [-0.3, -0.25) is 4.99 Å². The van der Waals surface area contributed by atoms with Crippen molar-refractivity contribution in [3.8, 4) is 17.0 Å². The second-order valence-electron chi connectivity index (χ2n) is 6.67. The Morgan fingerprint density at radius 3 is 2.71 bits per heavy atom. The summed E-state index contributed by atoms with van der Waals surface area (Å²) in [5.74, 6) is 0.812. The van der Waals surface area contributed by atoms with Gasteiger partial charge in [0, 0.05) is 39.6 Å². The fourth-order valence-corrected chi connectivity index (χ4v) is 4.04. The number of fused-ring (bicyclic) bond motifs is 1. The van der Waals surface area contributed by atoms with Gasteiger partial charge in [-0.05, 0) is 32.0 Å². The number of nitrogens with zero attached hydrogens (tertiary/aromatic N) is 3. The van der Waals surface area contributed by atoms with Crippen molar-refractivity contribution < 1.29 is 4.74 Å². The van der Waals surface area contributed by atoms with Gasteiger partial charge in [-0.15, -0.1) is 11.3 Å². The van der Waals surface area contributed by atoms with Crippen LogP contribution >= 0.6 is 11.3 Å². The first-order valence-electron chi connectivity index (χ1n) is 9.15. The molecule has 0 atom stereocenters. The smallest absolute Gasteiger partial charge is 0.206 e. The average molecular weight is 391 g/mol. The molecule has 2 heterocycles. The van der Waals surface area contributed by atoms with Crippen molar-refractivity contribution in [1.82, 2.24) is 9.66 Å². The highest BCUT2D eigenvalue weighted by Gasteiger charge is 2.12. The SMILES string of the molecule is COc1ccccc1-c1csc(=NC(C)C)n1N=Cc1c[nH]c2ccccc12. The highest BCUT2D eigenvalue weighted by Crippen LogP contribution is 2.30. The lowest BCUT2D eigenvalue weighted by atomic mass is 10.1. The average Bonchev–Trinajstić information content (AvgIpc) is 3.30. The van der Waals surface area contributed by atoms with E-state index in [2.05, 4.69) is 36.3 Å². The number of hydrogen-bond acceptors (Lipinski definition) is 4. The molecular formula is C22H22N4OS. The van der Waals surface area contributed by atoms with Gasteiger partial charge in [0.2, 0.25) is 4.80 Å². The Kier molecular flexibility index (Phi) is 5.12. The highest BCUT2D eigenvalue weighted by molar-refractivity contribution is 7.07. The molecule has 6 heteroatoms. The number of benzene rings is 2. The van der Waals surface area contributed by atoms with Crippen molar-refractivity contribution in [2.45, 2.75) is 19.9 Å². The van der Waals surface area contributed by atoms with Crippen LogP contribution in [-0.2, 0) is 0 Å². The quantitative estimate of drug-likeness (QED) is 0.484. The minimum Gasteiger partial charge on any atom is -0.496 e. The summed E-state index contributed by atoms with van der Waals surface area (Å²) in [6, 6.07) is 16.3. The monoisotopic (exact) mass is 390 g/mol. The normalized spacial score (nSPS) is 12.5. The van der Waals surface area contributed by atoms with E-state index in [0.717, 1.165) is 38.3 Å². The van der Waals surface area contributed by atoms with Crippen LogP contribution in [0.4, 0.5) is 0 Å². The molecule has 0 aliphatic rings. The number of aromatic nitrogens is 2. The Morgan fingerprint density at radius 1 is 1.11 bits per heavy atom. The van der Waals surface area contributed by atoms with Crippen molar-refractivity contribution in [1.29, 1.82) is 0 Å². The van der Waals surface area contributed by atoms with Gasteiger partial charge in [0.1, 0.15) is 5.75 Å². The third-order valence-corrected chi connectivity index (χ3v) is 5.20. The standard InChI is InChI=1S/C22H22N4OS/c1-15(2)25-22-26(20(14-28-22)18-9-5-7-11-21(18)27-3)24-13-16-12-23-19-10-6-4-8-17(16)19/h4-15,23H,1-3H3. The topological polar surface area (TPSA) is 54.7 Å². The van der Waals surface area contributed by atoms with Gasteiger partial charge in [-0.1, -0.05) is 30.3 Å². The van der Waals surface area contributed by atoms with Gasteiger partial charge in [0.05, 0.1) is 19.0 Å². The van der Waals surface area contributed by atoms with Crippen LogP contribution < -0.4 is 9.54 Å². The van der Waals surface area contributed by atoms with Crippen LogP contribution in [-0.4, -0.2) is 29.0 Å². The second kappa shape index (κ2) is 7.86. The first kappa shape index (κ1) is 18.3. The Balaban J connectivity index is 1.86. The number of ether oxygens (including phenoxy) is 1. The summed E-state index contributed by atoms with van der Waals surface area (Å²) in [5.41, 5.74) is 4.08. The van der Waals surface area contributed by atoms with Gasteiger partial charge in [-0.2, -0.15) is 5.10 Å². The van der Waals surface area contributed by atoms with E-state index in [1.54, 1.807) is 18.4 Å². The van der Waals surface area contributed by atoms with E-state index in [1.807, 2.05) is 53.5 Å². The summed E-state index contributed by atoms with van der Waals surface area (Å²) in [6.45, 7) is 4.13. The predicted molar refractivity (Wildman–Crippen MR) is 116 cm³/mol. The minimum absolute atomic E-state index is 0.179. The van der Waals surface area contributed by atoms with E-state index in [4.69, 9.17) is 14.8 Å². The van der Waals surface area contributed by atoms with Gasteiger partial charge >= 0.3 is 0 Å². The van der Waals surface area contributed by atoms with E-state index < -0.39 is 0 Å². The molecule has 1 N–H and O–H groups in total. The molecule has 2 aromatic heterocycles.